The number of methoxy groups -OCH3 is 1. The van der Waals surface area contributed by atoms with Gasteiger partial charge >= 0.3 is 0 Å². The third-order valence-electron chi connectivity index (χ3n) is 2.11. The fourth-order valence-corrected chi connectivity index (χ4v) is 2.29. The Bertz CT molecular complexity index is 471. The lowest BCUT2D eigenvalue weighted by Gasteiger charge is -2.15. The monoisotopic (exact) mass is 263 g/mol. The summed E-state index contributed by atoms with van der Waals surface area (Å²) in [6.07, 6.45) is 0. The van der Waals surface area contributed by atoms with Crippen LogP contribution < -0.4 is 9.64 Å². The van der Waals surface area contributed by atoms with Crippen molar-refractivity contribution < 1.29 is 13.2 Å². The summed E-state index contributed by atoms with van der Waals surface area (Å²) in [6, 6.07) is 5.33. The zero-order valence-corrected chi connectivity index (χ0v) is 11.0. The topological polar surface area (TPSA) is 46.6 Å². The number of rotatable bonds is 4. The first-order valence-electron chi connectivity index (χ1n) is 4.60. The standard InChI is InChI=1S/C10H14ClNO3S/c1-12(2)9-4-5-10(15-3)8(6-9)7-16(11,13)14/h4-6H,7H2,1-3H3. The molecule has 90 valence electrons. The van der Waals surface area contributed by atoms with Crippen LogP contribution in [0.2, 0.25) is 0 Å². The molecule has 4 nitrogen and oxygen atoms in total. The molecule has 16 heavy (non-hydrogen) atoms. The Morgan fingerprint density at radius 3 is 2.44 bits per heavy atom. The summed E-state index contributed by atoms with van der Waals surface area (Å²) < 4.78 is 27.2. The lowest BCUT2D eigenvalue weighted by Crippen LogP contribution is -2.09. The summed E-state index contributed by atoms with van der Waals surface area (Å²) in [7, 11) is 6.90. The Morgan fingerprint density at radius 2 is 2.00 bits per heavy atom. The Labute approximate surface area is 100 Å². The number of benzene rings is 1. The predicted molar refractivity (Wildman–Crippen MR) is 65.8 cm³/mol. The highest BCUT2D eigenvalue weighted by Crippen LogP contribution is 2.26. The van der Waals surface area contributed by atoms with Crippen LogP contribution in [0.1, 0.15) is 5.56 Å². The average Bonchev–Trinajstić information content (AvgIpc) is 2.15. The first-order chi connectivity index (χ1) is 7.33. The molecule has 0 aliphatic carbocycles. The Kier molecular flexibility index (Phi) is 4.04. The van der Waals surface area contributed by atoms with Crippen molar-refractivity contribution in [2.45, 2.75) is 5.75 Å². The van der Waals surface area contributed by atoms with Crippen molar-refractivity contribution >= 4 is 25.4 Å². The molecule has 0 bridgehead atoms. The van der Waals surface area contributed by atoms with E-state index in [9.17, 15) is 8.42 Å². The van der Waals surface area contributed by atoms with E-state index >= 15 is 0 Å². The Hall–Kier alpha value is -0.940. The fraction of sp³-hybridized carbons (Fsp3) is 0.400. The number of hydrogen-bond donors (Lipinski definition) is 0. The van der Waals surface area contributed by atoms with Crippen molar-refractivity contribution in [3.05, 3.63) is 23.8 Å². The van der Waals surface area contributed by atoms with E-state index in [1.165, 1.54) is 7.11 Å². The van der Waals surface area contributed by atoms with E-state index in [-0.39, 0.29) is 5.75 Å². The van der Waals surface area contributed by atoms with Gasteiger partial charge in [0.05, 0.1) is 12.9 Å². The molecule has 0 N–H and O–H groups in total. The molecule has 0 saturated heterocycles. The molecule has 0 spiro atoms. The molecule has 1 rings (SSSR count). The highest BCUT2D eigenvalue weighted by molar-refractivity contribution is 8.13. The summed E-state index contributed by atoms with van der Waals surface area (Å²) in [6.45, 7) is 0. The van der Waals surface area contributed by atoms with Crippen molar-refractivity contribution in [3.63, 3.8) is 0 Å². The number of nitrogens with zero attached hydrogens (tertiary/aromatic N) is 1. The van der Waals surface area contributed by atoms with Gasteiger partial charge in [-0.2, -0.15) is 0 Å². The third-order valence-corrected chi connectivity index (χ3v) is 3.09. The summed E-state index contributed by atoms with van der Waals surface area (Å²) >= 11 is 0. The lowest BCUT2D eigenvalue weighted by atomic mass is 10.2. The van der Waals surface area contributed by atoms with Crippen LogP contribution in [0.3, 0.4) is 0 Å². The van der Waals surface area contributed by atoms with Crippen molar-refractivity contribution in [1.82, 2.24) is 0 Å². The molecule has 0 aliphatic heterocycles. The lowest BCUT2D eigenvalue weighted by molar-refractivity contribution is 0.411. The largest absolute Gasteiger partial charge is 0.496 e. The molecule has 0 unspecified atom stereocenters. The summed E-state index contributed by atoms with van der Waals surface area (Å²) in [5, 5.41) is 0. The molecule has 0 radical (unpaired) electrons. The zero-order chi connectivity index (χ0) is 12.3. The van der Waals surface area contributed by atoms with E-state index in [1.807, 2.05) is 25.1 Å². The predicted octanol–water partition coefficient (Wildman–Crippen LogP) is 1.83. The Balaban J connectivity index is 3.17. The minimum Gasteiger partial charge on any atom is -0.496 e. The van der Waals surface area contributed by atoms with Gasteiger partial charge in [-0.3, -0.25) is 0 Å². The van der Waals surface area contributed by atoms with Crippen molar-refractivity contribution in [2.75, 3.05) is 26.1 Å². The molecule has 0 amide bonds. The van der Waals surface area contributed by atoms with Crippen molar-refractivity contribution in [2.24, 2.45) is 0 Å². The van der Waals surface area contributed by atoms with E-state index in [2.05, 4.69) is 0 Å². The van der Waals surface area contributed by atoms with Crippen LogP contribution >= 0.6 is 10.7 Å². The Morgan fingerprint density at radius 1 is 1.38 bits per heavy atom. The maximum atomic E-state index is 11.0. The van der Waals surface area contributed by atoms with Gasteiger partial charge in [0.1, 0.15) is 5.75 Å². The van der Waals surface area contributed by atoms with E-state index in [0.29, 0.717) is 11.3 Å². The van der Waals surface area contributed by atoms with Gasteiger partial charge in [-0.05, 0) is 18.2 Å². The second-order valence-electron chi connectivity index (χ2n) is 3.57. The normalized spacial score (nSPS) is 11.2. The summed E-state index contributed by atoms with van der Waals surface area (Å²) in [4.78, 5) is 1.88. The molecule has 0 aliphatic rings. The number of halogens is 1. The number of hydrogen-bond acceptors (Lipinski definition) is 4. The van der Waals surface area contributed by atoms with Gasteiger partial charge in [0.2, 0.25) is 9.05 Å². The molecule has 1 aromatic carbocycles. The highest BCUT2D eigenvalue weighted by Gasteiger charge is 2.13. The maximum absolute atomic E-state index is 11.0. The van der Waals surface area contributed by atoms with Crippen LogP contribution in [-0.4, -0.2) is 29.6 Å². The first kappa shape index (κ1) is 13.1. The van der Waals surface area contributed by atoms with Crippen molar-refractivity contribution in [3.8, 4) is 5.75 Å². The molecular formula is C10H14ClNO3S. The zero-order valence-electron chi connectivity index (χ0n) is 9.40. The van der Waals surface area contributed by atoms with Crippen LogP contribution in [0, 0.1) is 0 Å². The second kappa shape index (κ2) is 4.93. The molecule has 1 aromatic rings. The average molecular weight is 264 g/mol. The molecule has 0 aromatic heterocycles. The van der Waals surface area contributed by atoms with Gasteiger partial charge in [-0.25, -0.2) is 8.42 Å². The van der Waals surface area contributed by atoms with Gasteiger partial charge in [0.25, 0.3) is 0 Å². The first-order valence-corrected chi connectivity index (χ1v) is 7.08. The molecule has 0 fully saturated rings. The van der Waals surface area contributed by atoms with Crippen LogP contribution in [0.15, 0.2) is 18.2 Å². The quantitative estimate of drug-likeness (QED) is 0.778. The SMILES string of the molecule is COc1ccc(N(C)C)cc1CS(=O)(=O)Cl. The van der Waals surface area contributed by atoms with E-state index in [1.54, 1.807) is 12.1 Å². The fourth-order valence-electron chi connectivity index (χ4n) is 1.34. The van der Waals surface area contributed by atoms with Gasteiger partial charge in [0, 0.05) is 36.0 Å². The van der Waals surface area contributed by atoms with Crippen LogP contribution in [-0.2, 0) is 14.8 Å². The third kappa shape index (κ3) is 3.57. The molecule has 0 atom stereocenters. The summed E-state index contributed by atoms with van der Waals surface area (Å²) in [5.41, 5.74) is 1.46. The van der Waals surface area contributed by atoms with Gasteiger partial charge < -0.3 is 9.64 Å². The smallest absolute Gasteiger partial charge is 0.236 e. The van der Waals surface area contributed by atoms with Gasteiger partial charge in [-0.1, -0.05) is 0 Å². The van der Waals surface area contributed by atoms with E-state index in [0.717, 1.165) is 5.69 Å². The molecule has 0 heterocycles. The molecule has 6 heteroatoms. The molecular weight excluding hydrogens is 250 g/mol. The number of anilines is 1. The minimum atomic E-state index is -3.58. The second-order valence-corrected chi connectivity index (χ2v) is 6.35. The van der Waals surface area contributed by atoms with Crippen LogP contribution in [0.4, 0.5) is 5.69 Å². The van der Waals surface area contributed by atoms with Crippen LogP contribution in [0.25, 0.3) is 0 Å². The van der Waals surface area contributed by atoms with Gasteiger partial charge in [-0.15, -0.1) is 0 Å². The van der Waals surface area contributed by atoms with E-state index < -0.39 is 9.05 Å². The maximum Gasteiger partial charge on any atom is 0.236 e. The highest BCUT2D eigenvalue weighted by atomic mass is 35.7. The van der Waals surface area contributed by atoms with Crippen molar-refractivity contribution in [1.29, 1.82) is 0 Å². The summed E-state index contributed by atoms with van der Waals surface area (Å²) in [5.74, 6) is 0.286. The van der Waals surface area contributed by atoms with Gasteiger partial charge in [0.15, 0.2) is 0 Å². The van der Waals surface area contributed by atoms with E-state index in [4.69, 9.17) is 15.4 Å². The molecule has 0 saturated carbocycles. The van der Waals surface area contributed by atoms with Crippen LogP contribution in [0.5, 0.6) is 5.75 Å². The minimum absolute atomic E-state index is 0.237. The number of ether oxygens (including phenoxy) is 1.